The minimum absolute atomic E-state index is 0.325. The van der Waals surface area contributed by atoms with E-state index in [1.165, 1.54) is 11.3 Å². The lowest BCUT2D eigenvalue weighted by molar-refractivity contribution is 0.414. The fraction of sp³-hybridized carbons (Fsp3) is 0.714. The molecule has 0 aliphatic rings. The van der Waals surface area contributed by atoms with E-state index < -0.39 is 10.0 Å². The van der Waals surface area contributed by atoms with Gasteiger partial charge in [0.25, 0.3) is 0 Å². The van der Waals surface area contributed by atoms with Crippen molar-refractivity contribution in [2.75, 3.05) is 6.54 Å². The van der Waals surface area contributed by atoms with Gasteiger partial charge in [-0.2, -0.15) is 0 Å². The SMILES string of the molecule is CC(C)NCc1cc(S(=O)(=O)NCC(C)C(C)C)cs1. The third-order valence-electron chi connectivity index (χ3n) is 3.36. The number of hydrogen-bond donors (Lipinski definition) is 2. The summed E-state index contributed by atoms with van der Waals surface area (Å²) < 4.78 is 27.1. The lowest BCUT2D eigenvalue weighted by Gasteiger charge is -2.15. The van der Waals surface area contributed by atoms with Crippen molar-refractivity contribution < 1.29 is 8.42 Å². The zero-order valence-corrected chi connectivity index (χ0v) is 14.6. The highest BCUT2D eigenvalue weighted by molar-refractivity contribution is 7.89. The Labute approximate surface area is 127 Å². The first-order valence-electron chi connectivity index (χ1n) is 7.03. The molecule has 1 unspecified atom stereocenters. The molecule has 1 aromatic rings. The van der Waals surface area contributed by atoms with Crippen LogP contribution in [0.1, 0.15) is 39.5 Å². The zero-order valence-electron chi connectivity index (χ0n) is 12.9. The number of hydrogen-bond acceptors (Lipinski definition) is 4. The molecule has 0 aliphatic carbocycles. The molecule has 1 heterocycles. The van der Waals surface area contributed by atoms with Crippen molar-refractivity contribution in [3.05, 3.63) is 16.3 Å². The Morgan fingerprint density at radius 1 is 1.20 bits per heavy atom. The fourth-order valence-corrected chi connectivity index (χ4v) is 3.83. The fourth-order valence-electron chi connectivity index (χ4n) is 1.46. The summed E-state index contributed by atoms with van der Waals surface area (Å²) in [5.74, 6) is 0.788. The minimum atomic E-state index is -3.37. The van der Waals surface area contributed by atoms with Gasteiger partial charge in [0.1, 0.15) is 0 Å². The van der Waals surface area contributed by atoms with Crippen LogP contribution in [0.15, 0.2) is 16.3 Å². The summed E-state index contributed by atoms with van der Waals surface area (Å²) in [6, 6.07) is 2.14. The lowest BCUT2D eigenvalue weighted by Crippen LogP contribution is -2.30. The second kappa shape index (κ2) is 7.54. The van der Waals surface area contributed by atoms with E-state index in [2.05, 4.69) is 44.7 Å². The van der Waals surface area contributed by atoms with E-state index >= 15 is 0 Å². The molecule has 0 aliphatic heterocycles. The molecule has 0 fully saturated rings. The molecule has 0 aromatic carbocycles. The van der Waals surface area contributed by atoms with Gasteiger partial charge in [-0.3, -0.25) is 0 Å². The standard InChI is InChI=1S/C14H26N2O2S2/c1-10(2)12(5)7-16-20(17,18)14-6-13(19-9-14)8-15-11(3)4/h6,9-12,15-16H,7-8H2,1-5H3. The second-order valence-corrected chi connectivity index (χ2v) is 8.62. The molecule has 20 heavy (non-hydrogen) atoms. The molecule has 0 amide bonds. The zero-order chi connectivity index (χ0) is 15.3. The van der Waals surface area contributed by atoms with E-state index in [1.54, 1.807) is 11.4 Å². The minimum Gasteiger partial charge on any atom is -0.310 e. The van der Waals surface area contributed by atoms with Gasteiger partial charge >= 0.3 is 0 Å². The van der Waals surface area contributed by atoms with Gasteiger partial charge in [0.2, 0.25) is 10.0 Å². The van der Waals surface area contributed by atoms with Crippen LogP contribution >= 0.6 is 11.3 Å². The van der Waals surface area contributed by atoms with Gasteiger partial charge in [-0.15, -0.1) is 11.3 Å². The quantitative estimate of drug-likeness (QED) is 0.775. The van der Waals surface area contributed by atoms with Crippen LogP contribution in [0.4, 0.5) is 0 Å². The Bertz CT molecular complexity index is 507. The van der Waals surface area contributed by atoms with Crippen LogP contribution in [-0.2, 0) is 16.6 Å². The van der Waals surface area contributed by atoms with Gasteiger partial charge < -0.3 is 5.32 Å². The first-order valence-corrected chi connectivity index (χ1v) is 9.39. The number of sulfonamides is 1. The van der Waals surface area contributed by atoms with Crippen LogP contribution in [-0.4, -0.2) is 21.0 Å². The highest BCUT2D eigenvalue weighted by atomic mass is 32.2. The molecular weight excluding hydrogens is 292 g/mol. The molecule has 116 valence electrons. The summed E-state index contributed by atoms with van der Waals surface area (Å²) in [6.07, 6.45) is 0. The first-order chi connectivity index (χ1) is 9.22. The maximum absolute atomic E-state index is 12.2. The van der Waals surface area contributed by atoms with Crippen molar-refractivity contribution in [2.45, 2.75) is 52.1 Å². The first kappa shape index (κ1) is 17.6. The van der Waals surface area contributed by atoms with Crippen molar-refractivity contribution in [1.82, 2.24) is 10.0 Å². The monoisotopic (exact) mass is 318 g/mol. The molecule has 1 aromatic heterocycles. The molecule has 6 heteroatoms. The van der Waals surface area contributed by atoms with E-state index in [1.807, 2.05) is 0 Å². The van der Waals surface area contributed by atoms with E-state index in [4.69, 9.17) is 0 Å². The third kappa shape index (κ3) is 5.52. The van der Waals surface area contributed by atoms with Crippen molar-refractivity contribution >= 4 is 21.4 Å². The molecule has 0 bridgehead atoms. The van der Waals surface area contributed by atoms with Crippen molar-refractivity contribution in [3.63, 3.8) is 0 Å². The maximum Gasteiger partial charge on any atom is 0.241 e. The third-order valence-corrected chi connectivity index (χ3v) is 5.85. The molecule has 1 rings (SSSR count). The molecule has 0 saturated heterocycles. The average Bonchev–Trinajstić information content (AvgIpc) is 2.82. The summed E-state index contributed by atoms with van der Waals surface area (Å²) >= 11 is 1.48. The van der Waals surface area contributed by atoms with Gasteiger partial charge in [0, 0.05) is 29.4 Å². The predicted molar refractivity (Wildman–Crippen MR) is 85.5 cm³/mol. The largest absolute Gasteiger partial charge is 0.310 e. The summed E-state index contributed by atoms with van der Waals surface area (Å²) in [6.45, 7) is 11.6. The van der Waals surface area contributed by atoms with E-state index in [9.17, 15) is 8.42 Å². The van der Waals surface area contributed by atoms with Crippen LogP contribution in [0.5, 0.6) is 0 Å². The Hall–Kier alpha value is -0.430. The van der Waals surface area contributed by atoms with Gasteiger partial charge in [-0.05, 0) is 17.9 Å². The van der Waals surface area contributed by atoms with Crippen LogP contribution < -0.4 is 10.0 Å². The van der Waals surface area contributed by atoms with E-state index in [-0.39, 0.29) is 0 Å². The van der Waals surface area contributed by atoms with Crippen LogP contribution in [0, 0.1) is 11.8 Å². The average molecular weight is 319 g/mol. The molecule has 0 saturated carbocycles. The number of nitrogens with one attached hydrogen (secondary N) is 2. The summed E-state index contributed by atoms with van der Waals surface area (Å²) in [4.78, 5) is 1.41. The summed E-state index contributed by atoms with van der Waals surface area (Å²) in [7, 11) is -3.37. The highest BCUT2D eigenvalue weighted by Crippen LogP contribution is 2.19. The summed E-state index contributed by atoms with van der Waals surface area (Å²) in [5, 5.41) is 4.99. The van der Waals surface area contributed by atoms with Crippen LogP contribution in [0.25, 0.3) is 0 Å². The van der Waals surface area contributed by atoms with Gasteiger partial charge in [0.15, 0.2) is 0 Å². The molecular formula is C14H26N2O2S2. The van der Waals surface area contributed by atoms with Gasteiger partial charge in [-0.25, -0.2) is 13.1 Å². The smallest absolute Gasteiger partial charge is 0.241 e. The number of rotatable bonds is 8. The molecule has 1 atom stereocenters. The van der Waals surface area contributed by atoms with E-state index in [0.29, 0.717) is 35.9 Å². The molecule has 4 nitrogen and oxygen atoms in total. The second-order valence-electron chi connectivity index (χ2n) is 5.86. The molecule has 2 N–H and O–H groups in total. The van der Waals surface area contributed by atoms with Gasteiger partial charge in [0.05, 0.1) is 4.90 Å². The summed E-state index contributed by atoms with van der Waals surface area (Å²) in [5.41, 5.74) is 0. The topological polar surface area (TPSA) is 58.2 Å². The normalized spacial score (nSPS) is 14.2. The van der Waals surface area contributed by atoms with E-state index in [0.717, 1.165) is 4.88 Å². The van der Waals surface area contributed by atoms with Crippen LogP contribution in [0.2, 0.25) is 0 Å². The van der Waals surface area contributed by atoms with Crippen molar-refractivity contribution in [3.8, 4) is 0 Å². The van der Waals surface area contributed by atoms with Crippen molar-refractivity contribution in [1.29, 1.82) is 0 Å². The maximum atomic E-state index is 12.2. The number of thiophene rings is 1. The van der Waals surface area contributed by atoms with Gasteiger partial charge in [-0.1, -0.05) is 34.6 Å². The Morgan fingerprint density at radius 3 is 2.40 bits per heavy atom. The Balaban J connectivity index is 2.64. The molecule has 0 radical (unpaired) electrons. The molecule has 0 spiro atoms. The Kier molecular flexibility index (Phi) is 6.64. The lowest BCUT2D eigenvalue weighted by atomic mass is 9.99. The van der Waals surface area contributed by atoms with Crippen molar-refractivity contribution in [2.24, 2.45) is 11.8 Å². The predicted octanol–water partition coefficient (Wildman–Crippen LogP) is 2.82. The Morgan fingerprint density at radius 2 is 1.85 bits per heavy atom. The van der Waals surface area contributed by atoms with Crippen LogP contribution in [0.3, 0.4) is 0 Å². The highest BCUT2D eigenvalue weighted by Gasteiger charge is 2.18.